The number of hydrogen-bond donors (Lipinski definition) is 1. The first-order chi connectivity index (χ1) is 9.93. The summed E-state index contributed by atoms with van der Waals surface area (Å²) in [4.78, 5) is 0.252. The summed E-state index contributed by atoms with van der Waals surface area (Å²) in [7, 11) is -0.456. The van der Waals surface area contributed by atoms with Gasteiger partial charge in [0.1, 0.15) is 4.90 Å². The molecule has 0 saturated carbocycles. The van der Waals surface area contributed by atoms with Crippen molar-refractivity contribution in [2.45, 2.75) is 11.4 Å². The van der Waals surface area contributed by atoms with Crippen molar-refractivity contribution in [3.05, 3.63) is 59.1 Å². The number of halogens is 1. The highest BCUT2D eigenvalue weighted by Crippen LogP contribution is 2.24. The number of rotatable bonds is 5. The Morgan fingerprint density at radius 1 is 1.05 bits per heavy atom. The highest BCUT2D eigenvalue weighted by molar-refractivity contribution is 7.89. The van der Waals surface area contributed by atoms with Gasteiger partial charge in [-0.25, -0.2) is 12.7 Å². The molecule has 0 bridgehead atoms. The largest absolute Gasteiger partial charge is 0.380 e. The number of anilines is 1. The van der Waals surface area contributed by atoms with Crippen molar-refractivity contribution < 1.29 is 8.42 Å². The van der Waals surface area contributed by atoms with Crippen LogP contribution in [0.5, 0.6) is 0 Å². The molecule has 0 aromatic heterocycles. The number of nitrogens with one attached hydrogen (secondary N) is 1. The van der Waals surface area contributed by atoms with Crippen LogP contribution in [0.2, 0.25) is 5.02 Å². The van der Waals surface area contributed by atoms with Crippen LogP contribution in [0.1, 0.15) is 5.56 Å². The van der Waals surface area contributed by atoms with Gasteiger partial charge in [-0.2, -0.15) is 0 Å². The van der Waals surface area contributed by atoms with Gasteiger partial charge in [0.15, 0.2) is 0 Å². The first kappa shape index (κ1) is 15.8. The van der Waals surface area contributed by atoms with E-state index < -0.39 is 10.0 Å². The van der Waals surface area contributed by atoms with E-state index >= 15 is 0 Å². The minimum atomic E-state index is -3.48. The van der Waals surface area contributed by atoms with E-state index in [0.29, 0.717) is 17.3 Å². The molecule has 0 spiro atoms. The fourth-order valence-corrected chi connectivity index (χ4v) is 3.13. The van der Waals surface area contributed by atoms with E-state index in [1.54, 1.807) is 30.3 Å². The highest BCUT2D eigenvalue weighted by atomic mass is 35.5. The molecule has 6 heteroatoms. The molecule has 112 valence electrons. The third-order valence-corrected chi connectivity index (χ3v) is 5.31. The van der Waals surface area contributed by atoms with Crippen molar-refractivity contribution in [3.8, 4) is 0 Å². The van der Waals surface area contributed by atoms with Crippen molar-refractivity contribution >= 4 is 27.3 Å². The number of para-hydroxylation sites is 1. The molecule has 4 nitrogen and oxygen atoms in total. The van der Waals surface area contributed by atoms with E-state index in [1.807, 2.05) is 18.2 Å². The molecular formula is C15H17ClN2O2S. The number of benzene rings is 2. The van der Waals surface area contributed by atoms with Crippen LogP contribution in [-0.2, 0) is 16.6 Å². The van der Waals surface area contributed by atoms with Crippen molar-refractivity contribution in [1.82, 2.24) is 4.31 Å². The second-order valence-corrected chi connectivity index (χ2v) is 7.26. The fourth-order valence-electron chi connectivity index (χ4n) is 1.87. The van der Waals surface area contributed by atoms with Gasteiger partial charge in [0.2, 0.25) is 10.0 Å². The van der Waals surface area contributed by atoms with Gasteiger partial charge < -0.3 is 5.32 Å². The lowest BCUT2D eigenvalue weighted by molar-refractivity contribution is 0.521. The van der Waals surface area contributed by atoms with Crippen molar-refractivity contribution in [2.75, 3.05) is 19.4 Å². The minimum absolute atomic E-state index is 0.252. The fraction of sp³-hybridized carbons (Fsp3) is 0.200. The van der Waals surface area contributed by atoms with Gasteiger partial charge in [-0.3, -0.25) is 0 Å². The summed E-state index contributed by atoms with van der Waals surface area (Å²) in [6.45, 7) is 0.458. The van der Waals surface area contributed by atoms with Crippen LogP contribution in [0.15, 0.2) is 53.4 Å². The van der Waals surface area contributed by atoms with Gasteiger partial charge in [0.25, 0.3) is 0 Å². The molecule has 0 atom stereocenters. The smallest absolute Gasteiger partial charge is 0.244 e. The molecule has 0 aliphatic heterocycles. The lowest BCUT2D eigenvalue weighted by Gasteiger charge is -2.16. The van der Waals surface area contributed by atoms with E-state index in [2.05, 4.69) is 5.32 Å². The zero-order valence-electron chi connectivity index (χ0n) is 11.9. The topological polar surface area (TPSA) is 49.4 Å². The van der Waals surface area contributed by atoms with Crippen molar-refractivity contribution in [1.29, 1.82) is 0 Å². The monoisotopic (exact) mass is 324 g/mol. The van der Waals surface area contributed by atoms with Gasteiger partial charge in [0, 0.05) is 25.7 Å². The predicted molar refractivity (Wildman–Crippen MR) is 86.1 cm³/mol. The van der Waals surface area contributed by atoms with Crippen LogP contribution >= 0.6 is 11.6 Å². The third kappa shape index (κ3) is 3.56. The second-order valence-electron chi connectivity index (χ2n) is 4.73. The van der Waals surface area contributed by atoms with Crippen LogP contribution in [0.3, 0.4) is 0 Å². The lowest BCUT2D eigenvalue weighted by Crippen LogP contribution is -2.23. The van der Waals surface area contributed by atoms with Crippen LogP contribution < -0.4 is 5.32 Å². The second kappa shape index (κ2) is 6.47. The number of sulfonamides is 1. The van der Waals surface area contributed by atoms with Gasteiger partial charge in [-0.1, -0.05) is 41.9 Å². The van der Waals surface area contributed by atoms with Gasteiger partial charge >= 0.3 is 0 Å². The maximum absolute atomic E-state index is 12.3. The molecule has 2 rings (SSSR count). The maximum atomic E-state index is 12.3. The van der Waals surface area contributed by atoms with E-state index in [9.17, 15) is 8.42 Å². The molecule has 0 fully saturated rings. The van der Waals surface area contributed by atoms with E-state index in [0.717, 1.165) is 5.56 Å². The van der Waals surface area contributed by atoms with Crippen LogP contribution in [-0.4, -0.2) is 26.8 Å². The molecule has 1 N–H and O–H groups in total. The summed E-state index contributed by atoms with van der Waals surface area (Å²) < 4.78 is 25.8. The number of hydrogen-bond acceptors (Lipinski definition) is 3. The average Bonchev–Trinajstić information content (AvgIpc) is 2.46. The molecule has 0 saturated heterocycles. The molecule has 0 unspecified atom stereocenters. The Morgan fingerprint density at radius 2 is 1.67 bits per heavy atom. The van der Waals surface area contributed by atoms with Gasteiger partial charge in [0.05, 0.1) is 5.69 Å². The van der Waals surface area contributed by atoms with Crippen LogP contribution in [0.4, 0.5) is 5.69 Å². The zero-order chi connectivity index (χ0) is 15.5. The lowest BCUT2D eigenvalue weighted by atomic mass is 10.2. The summed E-state index contributed by atoms with van der Waals surface area (Å²) in [5, 5.41) is 3.79. The Labute approximate surface area is 130 Å². The molecular weight excluding hydrogens is 308 g/mol. The predicted octanol–water partition coefficient (Wildman–Crippen LogP) is 3.20. The summed E-state index contributed by atoms with van der Waals surface area (Å²) in [5.41, 5.74) is 1.47. The third-order valence-electron chi connectivity index (χ3n) is 3.07. The van der Waals surface area contributed by atoms with E-state index in [4.69, 9.17) is 11.6 Å². The first-order valence-electron chi connectivity index (χ1n) is 6.42. The molecule has 2 aromatic carbocycles. The molecule has 0 aliphatic rings. The molecule has 0 heterocycles. The van der Waals surface area contributed by atoms with Crippen molar-refractivity contribution in [3.63, 3.8) is 0 Å². The molecule has 2 aromatic rings. The molecule has 0 amide bonds. The quantitative estimate of drug-likeness (QED) is 0.918. The molecule has 0 radical (unpaired) electrons. The van der Waals surface area contributed by atoms with Crippen molar-refractivity contribution in [2.24, 2.45) is 0 Å². The Kier molecular flexibility index (Phi) is 4.88. The van der Waals surface area contributed by atoms with E-state index in [-0.39, 0.29) is 4.90 Å². The van der Waals surface area contributed by atoms with Crippen LogP contribution in [0, 0.1) is 0 Å². The minimum Gasteiger partial charge on any atom is -0.380 e. The van der Waals surface area contributed by atoms with Gasteiger partial charge in [-0.05, 0) is 23.8 Å². The Bertz CT molecular complexity index is 730. The summed E-state index contributed by atoms with van der Waals surface area (Å²) in [5.74, 6) is 0. The molecule has 21 heavy (non-hydrogen) atoms. The zero-order valence-corrected chi connectivity index (χ0v) is 13.4. The summed E-state index contributed by atoms with van der Waals surface area (Å²) in [6, 6.07) is 14.3. The normalized spacial score (nSPS) is 11.6. The maximum Gasteiger partial charge on any atom is 0.244 e. The molecule has 0 aliphatic carbocycles. The SMILES string of the molecule is CN(C)S(=O)(=O)c1ccccc1NCc1ccccc1Cl. The van der Waals surface area contributed by atoms with Crippen LogP contribution in [0.25, 0.3) is 0 Å². The van der Waals surface area contributed by atoms with Gasteiger partial charge in [-0.15, -0.1) is 0 Å². The number of nitrogens with zero attached hydrogens (tertiary/aromatic N) is 1. The standard InChI is InChI=1S/C15H17ClN2O2S/c1-18(2)21(19,20)15-10-6-5-9-14(15)17-11-12-7-3-4-8-13(12)16/h3-10,17H,11H2,1-2H3. The summed E-state index contributed by atoms with van der Waals surface area (Å²) in [6.07, 6.45) is 0. The highest BCUT2D eigenvalue weighted by Gasteiger charge is 2.20. The average molecular weight is 325 g/mol. The Morgan fingerprint density at radius 3 is 2.33 bits per heavy atom. The first-order valence-corrected chi connectivity index (χ1v) is 8.23. The Hall–Kier alpha value is -1.56. The Balaban J connectivity index is 2.28. The van der Waals surface area contributed by atoms with E-state index in [1.165, 1.54) is 18.4 Å². The summed E-state index contributed by atoms with van der Waals surface area (Å²) >= 11 is 6.10.